The van der Waals surface area contributed by atoms with Gasteiger partial charge in [-0.3, -0.25) is 9.59 Å². The highest BCUT2D eigenvalue weighted by atomic mass is 35.5. The maximum absolute atomic E-state index is 12.1. The van der Waals surface area contributed by atoms with Gasteiger partial charge in [-0.2, -0.15) is 0 Å². The van der Waals surface area contributed by atoms with Gasteiger partial charge >= 0.3 is 0 Å². The average Bonchev–Trinajstić information content (AvgIpc) is 2.64. The van der Waals surface area contributed by atoms with Crippen LogP contribution in [-0.4, -0.2) is 31.0 Å². The van der Waals surface area contributed by atoms with Crippen molar-refractivity contribution in [2.24, 2.45) is 0 Å². The molecule has 136 valence electrons. The summed E-state index contributed by atoms with van der Waals surface area (Å²) < 4.78 is 10.2. The number of carbonyl (C=O) groups is 2. The molecule has 0 spiro atoms. The third-order valence-electron chi connectivity index (χ3n) is 3.69. The zero-order chi connectivity index (χ0) is 19.3. The monoisotopic (exact) mass is 375 g/mol. The Kier molecular flexibility index (Phi) is 6.25. The highest BCUT2D eigenvalue weighted by Gasteiger charge is 2.17. The normalized spacial score (nSPS) is 11.0. The van der Waals surface area contributed by atoms with Crippen LogP contribution < -0.4 is 14.8 Å². The number of nitrogens with one attached hydrogen (secondary N) is 1. The summed E-state index contributed by atoms with van der Waals surface area (Å²) in [6, 6.07) is 9.68. The van der Waals surface area contributed by atoms with Crippen LogP contribution in [0, 0.1) is 6.92 Å². The number of amides is 1. The van der Waals surface area contributed by atoms with Gasteiger partial charge < -0.3 is 19.9 Å². The Morgan fingerprint density at radius 2 is 1.88 bits per heavy atom. The second-order valence-corrected chi connectivity index (χ2v) is 5.73. The lowest BCUT2D eigenvalue weighted by atomic mass is 10.1. The van der Waals surface area contributed by atoms with Crippen LogP contribution in [0.2, 0.25) is 5.02 Å². The van der Waals surface area contributed by atoms with Crippen LogP contribution >= 0.6 is 11.6 Å². The van der Waals surface area contributed by atoms with Crippen LogP contribution in [-0.2, 0) is 9.59 Å². The first-order valence-electron chi connectivity index (χ1n) is 7.60. The smallest absolute Gasteiger partial charge is 0.296 e. The van der Waals surface area contributed by atoms with E-state index in [1.165, 1.54) is 20.3 Å². The lowest BCUT2D eigenvalue weighted by molar-refractivity contribution is -0.131. The number of hydrogen-bond acceptors (Lipinski definition) is 5. The zero-order valence-electron chi connectivity index (χ0n) is 14.5. The molecule has 0 aliphatic carbocycles. The lowest BCUT2D eigenvalue weighted by Crippen LogP contribution is -2.21. The van der Waals surface area contributed by atoms with Gasteiger partial charge in [0.25, 0.3) is 5.91 Å². The highest BCUT2D eigenvalue weighted by Crippen LogP contribution is 2.29. The van der Waals surface area contributed by atoms with Crippen LogP contribution in [0.15, 0.2) is 42.5 Å². The molecule has 0 aliphatic heterocycles. The zero-order valence-corrected chi connectivity index (χ0v) is 15.3. The molecule has 0 unspecified atom stereocenters. The summed E-state index contributed by atoms with van der Waals surface area (Å²) in [5, 5.41) is 13.2. The first-order chi connectivity index (χ1) is 12.4. The van der Waals surface area contributed by atoms with Gasteiger partial charge in [-0.05, 0) is 42.8 Å². The minimum absolute atomic E-state index is 0.229. The van der Waals surface area contributed by atoms with E-state index in [2.05, 4.69) is 5.32 Å². The molecule has 2 aromatic carbocycles. The van der Waals surface area contributed by atoms with E-state index >= 15 is 0 Å². The Balaban J connectivity index is 2.24. The molecule has 1 amide bonds. The predicted molar refractivity (Wildman–Crippen MR) is 100.0 cm³/mol. The van der Waals surface area contributed by atoms with Crippen molar-refractivity contribution in [2.75, 3.05) is 19.5 Å². The molecule has 7 heteroatoms. The van der Waals surface area contributed by atoms with Crippen molar-refractivity contribution in [1.29, 1.82) is 0 Å². The largest absolute Gasteiger partial charge is 0.507 e. The van der Waals surface area contributed by atoms with Crippen molar-refractivity contribution in [3.63, 3.8) is 0 Å². The van der Waals surface area contributed by atoms with Gasteiger partial charge in [-0.25, -0.2) is 0 Å². The van der Waals surface area contributed by atoms with Crippen molar-refractivity contribution in [1.82, 2.24) is 0 Å². The van der Waals surface area contributed by atoms with E-state index in [1.54, 1.807) is 37.3 Å². The van der Waals surface area contributed by atoms with Crippen molar-refractivity contribution in [3.8, 4) is 11.5 Å². The first-order valence-corrected chi connectivity index (χ1v) is 7.98. The number of hydrogen-bond donors (Lipinski definition) is 2. The van der Waals surface area contributed by atoms with E-state index in [0.717, 1.165) is 6.08 Å². The second kappa shape index (κ2) is 8.40. The standard InChI is InChI=1S/C19H18ClNO5/c1-11-14(20)5-4-6-15(11)21-19(24)17(23)10-16(22)13-9-12(25-2)7-8-18(13)26-3/h4-10,22H,1-3H3,(H,21,24)/b16-10-. The van der Waals surface area contributed by atoms with Gasteiger partial charge in [-0.1, -0.05) is 17.7 Å². The lowest BCUT2D eigenvalue weighted by Gasteiger charge is -2.10. The fourth-order valence-corrected chi connectivity index (χ4v) is 2.38. The van der Waals surface area contributed by atoms with Gasteiger partial charge in [0.15, 0.2) is 0 Å². The Morgan fingerprint density at radius 3 is 2.54 bits per heavy atom. The number of methoxy groups -OCH3 is 2. The molecule has 0 bridgehead atoms. The van der Waals surface area contributed by atoms with Crippen molar-refractivity contribution in [2.45, 2.75) is 6.92 Å². The summed E-state index contributed by atoms with van der Waals surface area (Å²) in [5.74, 6) is -1.44. The number of benzene rings is 2. The van der Waals surface area contributed by atoms with E-state index in [0.29, 0.717) is 27.8 Å². The summed E-state index contributed by atoms with van der Waals surface area (Å²) in [4.78, 5) is 24.2. The average molecular weight is 376 g/mol. The Bertz CT molecular complexity index is 876. The molecule has 0 atom stereocenters. The van der Waals surface area contributed by atoms with Gasteiger partial charge in [-0.15, -0.1) is 0 Å². The number of rotatable bonds is 6. The van der Waals surface area contributed by atoms with Gasteiger partial charge in [0.1, 0.15) is 17.3 Å². The Hall–Kier alpha value is -2.99. The topological polar surface area (TPSA) is 84.9 Å². The van der Waals surface area contributed by atoms with E-state index in [1.807, 2.05) is 0 Å². The fourth-order valence-electron chi connectivity index (χ4n) is 2.21. The van der Waals surface area contributed by atoms with Crippen LogP contribution in [0.4, 0.5) is 5.69 Å². The van der Waals surface area contributed by atoms with Gasteiger partial charge in [0.05, 0.1) is 19.8 Å². The molecular weight excluding hydrogens is 358 g/mol. The maximum Gasteiger partial charge on any atom is 0.296 e. The van der Waals surface area contributed by atoms with E-state index in [-0.39, 0.29) is 5.56 Å². The predicted octanol–water partition coefficient (Wildman–Crippen LogP) is 3.77. The summed E-state index contributed by atoms with van der Waals surface area (Å²) in [5.41, 5.74) is 1.28. The SMILES string of the molecule is COc1ccc(OC)c(/C(O)=C/C(=O)C(=O)Nc2cccc(Cl)c2C)c1. The van der Waals surface area contributed by atoms with E-state index in [4.69, 9.17) is 21.1 Å². The van der Waals surface area contributed by atoms with Crippen LogP contribution in [0.3, 0.4) is 0 Å². The molecule has 0 radical (unpaired) electrons. The number of anilines is 1. The summed E-state index contributed by atoms with van der Waals surface area (Å²) in [6.07, 6.45) is 0.826. The quantitative estimate of drug-likeness (QED) is 0.456. The number of aliphatic hydroxyl groups is 1. The number of halogens is 1. The molecule has 26 heavy (non-hydrogen) atoms. The minimum atomic E-state index is -0.924. The summed E-state index contributed by atoms with van der Waals surface area (Å²) in [7, 11) is 2.90. The maximum atomic E-state index is 12.1. The number of carbonyl (C=O) groups excluding carboxylic acids is 2. The molecule has 6 nitrogen and oxygen atoms in total. The van der Waals surface area contributed by atoms with Crippen molar-refractivity contribution >= 4 is 34.7 Å². The van der Waals surface area contributed by atoms with Crippen LogP contribution in [0.5, 0.6) is 11.5 Å². The van der Waals surface area contributed by atoms with Crippen molar-refractivity contribution < 1.29 is 24.2 Å². The highest BCUT2D eigenvalue weighted by molar-refractivity contribution is 6.45. The molecule has 2 rings (SSSR count). The van der Waals surface area contributed by atoms with E-state index in [9.17, 15) is 14.7 Å². The second-order valence-electron chi connectivity index (χ2n) is 5.33. The third kappa shape index (κ3) is 4.34. The molecule has 2 aromatic rings. The molecule has 2 N–H and O–H groups in total. The summed E-state index contributed by atoms with van der Waals surface area (Å²) >= 11 is 5.99. The van der Waals surface area contributed by atoms with Crippen molar-refractivity contribution in [3.05, 3.63) is 58.6 Å². The first kappa shape index (κ1) is 19.3. The van der Waals surface area contributed by atoms with Crippen LogP contribution in [0.25, 0.3) is 5.76 Å². The molecule has 0 fully saturated rings. The minimum Gasteiger partial charge on any atom is -0.507 e. The van der Waals surface area contributed by atoms with E-state index < -0.39 is 17.4 Å². The fraction of sp³-hybridized carbons (Fsp3) is 0.158. The molecule has 0 aliphatic rings. The summed E-state index contributed by atoms with van der Waals surface area (Å²) in [6.45, 7) is 1.72. The Morgan fingerprint density at radius 1 is 1.15 bits per heavy atom. The number of ether oxygens (including phenoxy) is 2. The Labute approximate surface area is 156 Å². The molecule has 0 saturated heterocycles. The van der Waals surface area contributed by atoms with Gasteiger partial charge in [0.2, 0.25) is 5.78 Å². The van der Waals surface area contributed by atoms with Gasteiger partial charge in [0, 0.05) is 16.8 Å². The van der Waals surface area contributed by atoms with Crippen LogP contribution in [0.1, 0.15) is 11.1 Å². The third-order valence-corrected chi connectivity index (χ3v) is 4.10. The molecule has 0 aromatic heterocycles. The number of ketones is 1. The number of aliphatic hydroxyl groups excluding tert-OH is 1. The molecule has 0 saturated carbocycles. The molecule has 0 heterocycles. The molecular formula is C19H18ClNO5.